The molecule has 2 amide bonds. The van der Waals surface area contributed by atoms with Crippen molar-refractivity contribution in [1.29, 1.82) is 0 Å². The highest BCUT2D eigenvalue weighted by atomic mass is 35.5. The number of carbonyl (C=O) groups excluding carboxylic acids is 2. The van der Waals surface area contributed by atoms with E-state index in [1.54, 1.807) is 36.4 Å². The Morgan fingerprint density at radius 1 is 0.818 bits per heavy atom. The molecule has 3 aromatic rings. The number of ether oxygens (including phenoxy) is 2. The second-order valence-corrected chi connectivity index (χ2v) is 8.62. The molecule has 0 saturated carbocycles. The average Bonchev–Trinajstić information content (AvgIpc) is 2.82. The first-order valence-electron chi connectivity index (χ1n) is 9.46. The molecule has 33 heavy (non-hydrogen) atoms. The first kappa shape index (κ1) is 23.9. The molecule has 172 valence electrons. The maximum Gasteiger partial charge on any atom is 0.273 e. The molecule has 0 radical (unpaired) electrons. The summed E-state index contributed by atoms with van der Waals surface area (Å²) < 4.78 is 38.5. The van der Waals surface area contributed by atoms with Crippen molar-refractivity contribution in [2.24, 2.45) is 0 Å². The monoisotopic (exact) mass is 489 g/mol. The van der Waals surface area contributed by atoms with Crippen LogP contribution in [-0.4, -0.2) is 34.5 Å². The zero-order chi connectivity index (χ0) is 24.0. The van der Waals surface area contributed by atoms with Gasteiger partial charge >= 0.3 is 0 Å². The van der Waals surface area contributed by atoms with E-state index in [2.05, 4.69) is 15.6 Å². The Hall–Kier alpha value is -3.76. The summed E-state index contributed by atoms with van der Waals surface area (Å²) in [7, 11) is -1.34. The van der Waals surface area contributed by atoms with E-state index in [0.29, 0.717) is 11.5 Å². The van der Waals surface area contributed by atoms with E-state index < -0.39 is 21.8 Å². The van der Waals surface area contributed by atoms with Gasteiger partial charge in [-0.1, -0.05) is 35.9 Å². The van der Waals surface area contributed by atoms with E-state index in [0.717, 1.165) is 6.07 Å². The third kappa shape index (κ3) is 5.54. The summed E-state index contributed by atoms with van der Waals surface area (Å²) in [5.74, 6) is -0.721. The van der Waals surface area contributed by atoms with Crippen LogP contribution in [0.3, 0.4) is 0 Å². The largest absolute Gasteiger partial charge is 0.496 e. The van der Waals surface area contributed by atoms with E-state index in [1.807, 2.05) is 0 Å². The number of benzene rings is 3. The fourth-order valence-electron chi connectivity index (χ4n) is 2.86. The molecule has 0 fully saturated rings. The number of sulfonamides is 1. The standard InChI is InChI=1S/C22H20ClN3O6S/c1-31-18-9-5-3-7-15(18)22(28)25-24-21(27)14-11-12-16(23)20(13-14)33(29,30)26-17-8-4-6-10-19(17)32-2/h3-13,26H,1-2H3,(H,24,27)(H,25,28). The molecule has 11 heteroatoms. The van der Waals surface area contributed by atoms with Gasteiger partial charge in [-0.05, 0) is 42.5 Å². The van der Waals surface area contributed by atoms with Gasteiger partial charge in [0, 0.05) is 5.56 Å². The van der Waals surface area contributed by atoms with Crippen LogP contribution >= 0.6 is 11.6 Å². The van der Waals surface area contributed by atoms with Crippen molar-refractivity contribution in [2.75, 3.05) is 18.9 Å². The third-order valence-corrected chi connectivity index (χ3v) is 6.32. The Bertz CT molecular complexity index is 1300. The number of carbonyl (C=O) groups is 2. The second-order valence-electron chi connectivity index (χ2n) is 6.56. The smallest absolute Gasteiger partial charge is 0.273 e. The van der Waals surface area contributed by atoms with Crippen molar-refractivity contribution in [2.45, 2.75) is 4.90 Å². The summed E-state index contributed by atoms with van der Waals surface area (Å²) >= 11 is 6.10. The summed E-state index contributed by atoms with van der Waals surface area (Å²) in [6.07, 6.45) is 0. The Morgan fingerprint density at radius 3 is 2.12 bits per heavy atom. The number of rotatable bonds is 7. The molecule has 0 unspecified atom stereocenters. The van der Waals surface area contributed by atoms with Gasteiger partial charge in [-0.25, -0.2) is 8.42 Å². The minimum Gasteiger partial charge on any atom is -0.496 e. The number of hydrogen-bond donors (Lipinski definition) is 3. The lowest BCUT2D eigenvalue weighted by Crippen LogP contribution is -2.41. The van der Waals surface area contributed by atoms with Crippen LogP contribution in [0, 0.1) is 0 Å². The lowest BCUT2D eigenvalue weighted by molar-refractivity contribution is 0.0845. The molecule has 0 atom stereocenters. The van der Waals surface area contributed by atoms with Crippen molar-refractivity contribution in [3.05, 3.63) is 82.9 Å². The topological polar surface area (TPSA) is 123 Å². The van der Waals surface area contributed by atoms with E-state index >= 15 is 0 Å². The Kier molecular flexibility index (Phi) is 7.41. The molecule has 0 aliphatic heterocycles. The molecule has 0 saturated heterocycles. The van der Waals surface area contributed by atoms with Crippen molar-refractivity contribution < 1.29 is 27.5 Å². The van der Waals surface area contributed by atoms with Crippen LogP contribution in [0.25, 0.3) is 0 Å². The van der Waals surface area contributed by atoms with Crippen LogP contribution in [0.4, 0.5) is 5.69 Å². The molecule has 0 heterocycles. The molecule has 0 aliphatic carbocycles. The Labute approximate surface area is 195 Å². The van der Waals surface area contributed by atoms with Gasteiger partial charge in [0.1, 0.15) is 16.4 Å². The van der Waals surface area contributed by atoms with Crippen LogP contribution in [0.5, 0.6) is 11.5 Å². The third-order valence-electron chi connectivity index (χ3n) is 4.48. The summed E-state index contributed by atoms with van der Waals surface area (Å²) in [5, 5.41) is -0.0907. The fourth-order valence-corrected chi connectivity index (χ4v) is 4.46. The van der Waals surface area contributed by atoms with Crippen LogP contribution in [-0.2, 0) is 10.0 Å². The number of methoxy groups -OCH3 is 2. The Balaban J connectivity index is 1.79. The quantitative estimate of drug-likeness (QED) is 0.438. The van der Waals surface area contributed by atoms with Crippen molar-refractivity contribution >= 4 is 39.1 Å². The summed E-state index contributed by atoms with van der Waals surface area (Å²) in [4.78, 5) is 24.6. The predicted octanol–water partition coefficient (Wildman–Crippen LogP) is 3.23. The first-order chi connectivity index (χ1) is 15.8. The number of hydrazine groups is 1. The molecule has 0 aliphatic rings. The van der Waals surface area contributed by atoms with Crippen molar-refractivity contribution in [3.8, 4) is 11.5 Å². The molecule has 0 aromatic heterocycles. The average molecular weight is 490 g/mol. The van der Waals surface area contributed by atoms with Gasteiger partial charge in [0.15, 0.2) is 0 Å². The van der Waals surface area contributed by atoms with Gasteiger partial charge in [0.25, 0.3) is 21.8 Å². The normalized spacial score (nSPS) is 10.8. The summed E-state index contributed by atoms with van der Waals surface area (Å²) in [5.41, 5.74) is 4.88. The minimum absolute atomic E-state index is 0.0415. The highest BCUT2D eigenvalue weighted by Crippen LogP contribution is 2.29. The number of nitrogens with one attached hydrogen (secondary N) is 3. The highest BCUT2D eigenvalue weighted by Gasteiger charge is 2.22. The molecule has 3 aromatic carbocycles. The van der Waals surface area contributed by atoms with E-state index in [-0.39, 0.29) is 26.7 Å². The molecule has 0 spiro atoms. The van der Waals surface area contributed by atoms with Crippen LogP contribution in [0.2, 0.25) is 5.02 Å². The van der Waals surface area contributed by atoms with E-state index in [9.17, 15) is 18.0 Å². The molecular formula is C22H20ClN3O6S. The zero-order valence-corrected chi connectivity index (χ0v) is 19.2. The van der Waals surface area contributed by atoms with Crippen LogP contribution in [0.1, 0.15) is 20.7 Å². The second kappa shape index (κ2) is 10.2. The van der Waals surface area contributed by atoms with Crippen molar-refractivity contribution in [3.63, 3.8) is 0 Å². The van der Waals surface area contributed by atoms with E-state index in [4.69, 9.17) is 21.1 Å². The van der Waals surface area contributed by atoms with Gasteiger partial charge in [-0.3, -0.25) is 25.2 Å². The lowest BCUT2D eigenvalue weighted by atomic mass is 10.2. The van der Waals surface area contributed by atoms with Crippen LogP contribution < -0.4 is 25.0 Å². The maximum atomic E-state index is 12.9. The first-order valence-corrected chi connectivity index (χ1v) is 11.3. The lowest BCUT2D eigenvalue weighted by Gasteiger charge is -2.14. The highest BCUT2D eigenvalue weighted by molar-refractivity contribution is 7.92. The van der Waals surface area contributed by atoms with Gasteiger partial charge in [0.2, 0.25) is 0 Å². The molecule has 3 rings (SSSR count). The number of anilines is 1. The van der Waals surface area contributed by atoms with Crippen LogP contribution in [0.15, 0.2) is 71.6 Å². The predicted molar refractivity (Wildman–Crippen MR) is 123 cm³/mol. The van der Waals surface area contributed by atoms with E-state index in [1.165, 1.54) is 38.5 Å². The Morgan fingerprint density at radius 2 is 1.42 bits per heavy atom. The fraction of sp³-hybridized carbons (Fsp3) is 0.0909. The molecule has 9 nitrogen and oxygen atoms in total. The number of hydrogen-bond acceptors (Lipinski definition) is 6. The zero-order valence-electron chi connectivity index (χ0n) is 17.6. The van der Waals surface area contributed by atoms with Gasteiger partial charge in [-0.2, -0.15) is 0 Å². The number of amides is 2. The molecular weight excluding hydrogens is 470 g/mol. The van der Waals surface area contributed by atoms with Crippen molar-refractivity contribution in [1.82, 2.24) is 10.9 Å². The maximum absolute atomic E-state index is 12.9. The van der Waals surface area contributed by atoms with Gasteiger partial charge in [0.05, 0.1) is 30.5 Å². The number of halogens is 1. The molecule has 0 bridgehead atoms. The minimum atomic E-state index is -4.16. The van der Waals surface area contributed by atoms with Gasteiger partial charge < -0.3 is 9.47 Å². The SMILES string of the molecule is COc1ccccc1NS(=O)(=O)c1cc(C(=O)NNC(=O)c2ccccc2OC)ccc1Cl. The number of para-hydroxylation sites is 3. The summed E-state index contributed by atoms with van der Waals surface area (Å²) in [6, 6.07) is 16.6. The summed E-state index contributed by atoms with van der Waals surface area (Å²) in [6.45, 7) is 0. The van der Waals surface area contributed by atoms with Gasteiger partial charge in [-0.15, -0.1) is 0 Å². The molecule has 3 N–H and O–H groups in total.